The number of esters is 2. The smallest absolute Gasteiger partial charge is 0.305 e. The Morgan fingerprint density at radius 3 is 2.00 bits per heavy atom. The van der Waals surface area contributed by atoms with Crippen LogP contribution in [0.25, 0.3) is 0 Å². The Bertz CT molecular complexity index is 330. The van der Waals surface area contributed by atoms with E-state index in [9.17, 15) is 9.59 Å². The van der Waals surface area contributed by atoms with E-state index < -0.39 is 0 Å². The van der Waals surface area contributed by atoms with Gasteiger partial charge in [-0.3, -0.25) is 9.59 Å². The maximum atomic E-state index is 11.7. The molecule has 0 N–H and O–H groups in total. The molecule has 0 bridgehead atoms. The molecule has 0 spiro atoms. The minimum Gasteiger partial charge on any atom is -0.465 e. The van der Waals surface area contributed by atoms with Crippen LogP contribution in [0.15, 0.2) is 0 Å². The number of carbonyl (C=O) groups is 2. The van der Waals surface area contributed by atoms with Crippen molar-refractivity contribution >= 4 is 11.9 Å². The quantitative estimate of drug-likeness (QED) is 0.279. The van der Waals surface area contributed by atoms with Crippen molar-refractivity contribution in [3.05, 3.63) is 0 Å². The van der Waals surface area contributed by atoms with Gasteiger partial charge in [-0.25, -0.2) is 0 Å². The van der Waals surface area contributed by atoms with E-state index in [4.69, 9.17) is 14.2 Å². The lowest BCUT2D eigenvalue weighted by Gasteiger charge is -2.14. The Morgan fingerprint density at radius 1 is 0.760 bits per heavy atom. The van der Waals surface area contributed by atoms with E-state index in [0.29, 0.717) is 58.0 Å². The number of ether oxygens (including phenoxy) is 3. The molecule has 0 radical (unpaired) electrons. The van der Waals surface area contributed by atoms with E-state index in [1.807, 2.05) is 0 Å². The van der Waals surface area contributed by atoms with Gasteiger partial charge in [0.2, 0.25) is 0 Å². The molecule has 0 aromatic heterocycles. The number of carbonyl (C=O) groups excluding carboxylic acids is 2. The average Bonchev–Trinajstić information content (AvgIpc) is 2.62. The molecule has 148 valence electrons. The molecule has 1 unspecified atom stereocenters. The van der Waals surface area contributed by atoms with Crippen LogP contribution < -0.4 is 0 Å². The molecule has 0 aliphatic rings. The summed E-state index contributed by atoms with van der Waals surface area (Å²) in [4.78, 5) is 23.3. The first-order chi connectivity index (χ1) is 12.1. The van der Waals surface area contributed by atoms with E-state index in [1.165, 1.54) is 12.8 Å². The minimum absolute atomic E-state index is 0.160. The summed E-state index contributed by atoms with van der Waals surface area (Å²) in [6.07, 6.45) is 8.67. The van der Waals surface area contributed by atoms with Crippen LogP contribution in [0.4, 0.5) is 0 Å². The summed E-state index contributed by atoms with van der Waals surface area (Å²) >= 11 is 0. The molecule has 25 heavy (non-hydrogen) atoms. The fourth-order valence-corrected chi connectivity index (χ4v) is 2.35. The Morgan fingerprint density at radius 2 is 1.40 bits per heavy atom. The molecule has 0 saturated carbocycles. The van der Waals surface area contributed by atoms with Gasteiger partial charge in [0.05, 0.1) is 13.2 Å². The molecule has 0 saturated heterocycles. The third-order valence-corrected chi connectivity index (χ3v) is 4.17. The van der Waals surface area contributed by atoms with Gasteiger partial charge in [-0.2, -0.15) is 0 Å². The van der Waals surface area contributed by atoms with Crippen molar-refractivity contribution in [3.63, 3.8) is 0 Å². The zero-order valence-electron chi connectivity index (χ0n) is 16.5. The summed E-state index contributed by atoms with van der Waals surface area (Å²) in [6, 6.07) is 0. The highest BCUT2D eigenvalue weighted by molar-refractivity contribution is 5.70. The van der Waals surface area contributed by atoms with Gasteiger partial charge in [-0.05, 0) is 31.6 Å². The van der Waals surface area contributed by atoms with Gasteiger partial charge in [0.15, 0.2) is 0 Å². The number of rotatable bonds is 17. The lowest BCUT2D eigenvalue weighted by molar-refractivity contribution is -0.147. The zero-order chi connectivity index (χ0) is 18.8. The SMILES string of the molecule is CCCCOCCOC(=O)CCCCC(=O)OCC(CC)CCCC. The summed E-state index contributed by atoms with van der Waals surface area (Å²) in [5, 5.41) is 0. The maximum Gasteiger partial charge on any atom is 0.305 e. The monoisotopic (exact) mass is 358 g/mol. The van der Waals surface area contributed by atoms with Gasteiger partial charge in [0, 0.05) is 19.4 Å². The van der Waals surface area contributed by atoms with Crippen molar-refractivity contribution < 1.29 is 23.8 Å². The van der Waals surface area contributed by atoms with Crippen molar-refractivity contribution in [2.75, 3.05) is 26.4 Å². The van der Waals surface area contributed by atoms with E-state index in [0.717, 1.165) is 25.7 Å². The number of unbranched alkanes of at least 4 members (excludes halogenated alkanes) is 3. The third kappa shape index (κ3) is 16.1. The second kappa shape index (κ2) is 17.7. The Hall–Kier alpha value is -1.10. The van der Waals surface area contributed by atoms with Crippen LogP contribution in [0.3, 0.4) is 0 Å². The summed E-state index contributed by atoms with van der Waals surface area (Å²) < 4.78 is 15.7. The molecular weight excluding hydrogens is 320 g/mol. The predicted octanol–water partition coefficient (Wildman–Crippen LogP) is 4.67. The summed E-state index contributed by atoms with van der Waals surface area (Å²) in [6.45, 7) is 8.41. The predicted molar refractivity (Wildman–Crippen MR) is 99.4 cm³/mol. The molecule has 5 nitrogen and oxygen atoms in total. The number of hydrogen-bond donors (Lipinski definition) is 0. The van der Waals surface area contributed by atoms with Gasteiger partial charge in [-0.1, -0.05) is 46.5 Å². The highest BCUT2D eigenvalue weighted by Gasteiger charge is 2.10. The standard InChI is InChI=1S/C20H38O5/c1-4-7-11-18(6-3)17-25-20(22)13-10-9-12-19(21)24-16-15-23-14-8-5-2/h18H,4-17H2,1-3H3. The zero-order valence-corrected chi connectivity index (χ0v) is 16.5. The van der Waals surface area contributed by atoms with Gasteiger partial charge >= 0.3 is 11.9 Å². The summed E-state index contributed by atoms with van der Waals surface area (Å²) in [5.41, 5.74) is 0. The summed E-state index contributed by atoms with van der Waals surface area (Å²) in [5.74, 6) is 0.0872. The third-order valence-electron chi connectivity index (χ3n) is 4.17. The Kier molecular flexibility index (Phi) is 16.9. The Balaban J connectivity index is 3.53. The second-order valence-corrected chi connectivity index (χ2v) is 6.49. The normalized spacial score (nSPS) is 12.0. The molecule has 0 fully saturated rings. The summed E-state index contributed by atoms with van der Waals surface area (Å²) in [7, 11) is 0. The van der Waals surface area contributed by atoms with Gasteiger partial charge in [-0.15, -0.1) is 0 Å². The van der Waals surface area contributed by atoms with E-state index in [1.54, 1.807) is 0 Å². The first-order valence-corrected chi connectivity index (χ1v) is 10.0. The molecule has 0 heterocycles. The largest absolute Gasteiger partial charge is 0.465 e. The van der Waals surface area contributed by atoms with E-state index >= 15 is 0 Å². The van der Waals surface area contributed by atoms with E-state index in [2.05, 4.69) is 20.8 Å². The molecular formula is C20H38O5. The molecule has 0 aromatic carbocycles. The van der Waals surface area contributed by atoms with Crippen LogP contribution in [0.5, 0.6) is 0 Å². The van der Waals surface area contributed by atoms with Crippen LogP contribution in [0.1, 0.15) is 85.0 Å². The highest BCUT2D eigenvalue weighted by Crippen LogP contribution is 2.13. The molecule has 0 amide bonds. The van der Waals surface area contributed by atoms with Gasteiger partial charge < -0.3 is 14.2 Å². The maximum absolute atomic E-state index is 11.7. The topological polar surface area (TPSA) is 61.8 Å². The number of hydrogen-bond acceptors (Lipinski definition) is 5. The van der Waals surface area contributed by atoms with Crippen LogP contribution in [-0.4, -0.2) is 38.4 Å². The van der Waals surface area contributed by atoms with Crippen LogP contribution in [0, 0.1) is 5.92 Å². The van der Waals surface area contributed by atoms with Crippen LogP contribution in [-0.2, 0) is 23.8 Å². The average molecular weight is 359 g/mol. The van der Waals surface area contributed by atoms with Crippen molar-refractivity contribution in [1.82, 2.24) is 0 Å². The van der Waals surface area contributed by atoms with Crippen molar-refractivity contribution in [2.45, 2.75) is 85.0 Å². The van der Waals surface area contributed by atoms with Crippen molar-refractivity contribution in [3.8, 4) is 0 Å². The van der Waals surface area contributed by atoms with Crippen molar-refractivity contribution in [2.24, 2.45) is 5.92 Å². The second-order valence-electron chi connectivity index (χ2n) is 6.49. The lowest BCUT2D eigenvalue weighted by atomic mass is 10.0. The van der Waals surface area contributed by atoms with Gasteiger partial charge in [0.25, 0.3) is 0 Å². The first kappa shape index (κ1) is 23.9. The molecule has 0 rings (SSSR count). The van der Waals surface area contributed by atoms with Gasteiger partial charge in [0.1, 0.15) is 6.61 Å². The minimum atomic E-state index is -0.224. The molecule has 5 heteroatoms. The van der Waals surface area contributed by atoms with Crippen LogP contribution in [0.2, 0.25) is 0 Å². The molecule has 0 aromatic rings. The lowest BCUT2D eigenvalue weighted by Crippen LogP contribution is -2.14. The van der Waals surface area contributed by atoms with E-state index in [-0.39, 0.29) is 11.9 Å². The molecule has 0 aliphatic heterocycles. The fourth-order valence-electron chi connectivity index (χ4n) is 2.35. The molecule has 1 atom stereocenters. The molecule has 0 aliphatic carbocycles. The first-order valence-electron chi connectivity index (χ1n) is 10.0. The van der Waals surface area contributed by atoms with Crippen LogP contribution >= 0.6 is 0 Å². The van der Waals surface area contributed by atoms with Crippen molar-refractivity contribution in [1.29, 1.82) is 0 Å². The fraction of sp³-hybridized carbons (Fsp3) is 0.900. The Labute approximate surface area is 153 Å². The highest BCUT2D eigenvalue weighted by atomic mass is 16.6.